The number of hydrogen-bond acceptors (Lipinski definition) is 7. The summed E-state index contributed by atoms with van der Waals surface area (Å²) >= 11 is 0. The van der Waals surface area contributed by atoms with Crippen molar-refractivity contribution in [2.24, 2.45) is 0 Å². The second kappa shape index (κ2) is 14.7. The molecule has 9 heteroatoms. The van der Waals surface area contributed by atoms with Gasteiger partial charge in [0.05, 0.1) is 42.2 Å². The first kappa shape index (κ1) is 31.2. The van der Waals surface area contributed by atoms with Crippen molar-refractivity contribution in [2.75, 3.05) is 35.5 Å². The third kappa shape index (κ3) is 6.28. The number of hydrogen-bond donors (Lipinski definition) is 1. The van der Waals surface area contributed by atoms with E-state index in [4.69, 9.17) is 23.7 Å². The molecule has 0 spiro atoms. The van der Waals surface area contributed by atoms with E-state index in [1.807, 2.05) is 48.5 Å². The van der Waals surface area contributed by atoms with Crippen LogP contribution >= 0.6 is 0 Å². The van der Waals surface area contributed by atoms with Crippen LogP contribution in [0.15, 0.2) is 60.7 Å². The molecule has 7 nitrogen and oxygen atoms in total. The van der Waals surface area contributed by atoms with Crippen molar-refractivity contribution in [2.45, 2.75) is 6.61 Å². The van der Waals surface area contributed by atoms with Gasteiger partial charge < -0.3 is 30.2 Å². The number of methoxy groups -OCH3 is 5. The molecule has 0 saturated heterocycles. The Morgan fingerprint density at radius 2 is 1.17 bits per heavy atom. The summed E-state index contributed by atoms with van der Waals surface area (Å²) in [5, 5.41) is 12.9. The number of rotatable bonds is 6. The average Bonchev–Trinajstić information content (AvgIpc) is 2.90. The van der Waals surface area contributed by atoms with Gasteiger partial charge in [-0.05, 0) is 12.1 Å². The molecule has 36 heavy (non-hydrogen) atoms. The molecule has 4 rings (SSSR count). The second-order valence-corrected chi connectivity index (χ2v) is 7.17. The number of aliphatic hydroxyl groups excluding tert-OH is 1. The van der Waals surface area contributed by atoms with Crippen LogP contribution in [-0.4, -0.2) is 64.0 Å². The summed E-state index contributed by atoms with van der Waals surface area (Å²) in [6.07, 6.45) is 0. The quantitative estimate of drug-likeness (QED) is 0.310. The van der Waals surface area contributed by atoms with Gasteiger partial charge in [0.2, 0.25) is 0 Å². The van der Waals surface area contributed by atoms with E-state index in [2.05, 4.69) is 0 Å². The van der Waals surface area contributed by atoms with Crippen LogP contribution in [-0.2, 0) is 11.3 Å². The topological polar surface area (TPSA) is 83.5 Å². The minimum absolute atomic E-state index is 0. The van der Waals surface area contributed by atoms with Crippen molar-refractivity contribution < 1.29 is 53.9 Å². The third-order valence-electron chi connectivity index (χ3n) is 5.42. The van der Waals surface area contributed by atoms with Crippen molar-refractivity contribution in [3.63, 3.8) is 0 Å². The summed E-state index contributed by atoms with van der Waals surface area (Å²) in [6, 6.07) is 18.8. The van der Waals surface area contributed by atoms with Crippen molar-refractivity contribution in [1.29, 1.82) is 0 Å². The van der Waals surface area contributed by atoms with Gasteiger partial charge in [0.25, 0.3) is 0 Å². The predicted octanol–water partition coefficient (Wildman–Crippen LogP) is 0.925. The molecular formula is C27H32AlLiO7. The molecular weight excluding hydrogens is 470 g/mol. The summed E-state index contributed by atoms with van der Waals surface area (Å²) < 4.78 is 26.0. The van der Waals surface area contributed by atoms with Crippen molar-refractivity contribution in [3.8, 4) is 23.0 Å². The van der Waals surface area contributed by atoms with Gasteiger partial charge in [-0.3, -0.25) is 0 Å². The zero-order chi connectivity index (χ0) is 24.7. The molecule has 4 aromatic carbocycles. The van der Waals surface area contributed by atoms with Crippen LogP contribution in [0.5, 0.6) is 23.0 Å². The Labute approximate surface area is 235 Å². The maximum absolute atomic E-state index is 11.7. The molecule has 4 aromatic rings. The predicted molar refractivity (Wildman–Crippen MR) is 142 cm³/mol. The van der Waals surface area contributed by atoms with Crippen LogP contribution < -0.4 is 37.8 Å². The minimum atomic E-state index is -0.448. The van der Waals surface area contributed by atoms with Crippen molar-refractivity contribution >= 4 is 44.9 Å². The first-order valence-corrected chi connectivity index (χ1v) is 10.5. The number of carbonyl (C=O) groups excluding carboxylic acids is 1. The largest absolute Gasteiger partial charge is 1.00 e. The fourth-order valence-corrected chi connectivity index (χ4v) is 3.86. The van der Waals surface area contributed by atoms with E-state index in [0.717, 1.165) is 32.9 Å². The molecule has 0 aliphatic heterocycles. The Morgan fingerprint density at radius 3 is 1.58 bits per heavy atom. The van der Waals surface area contributed by atoms with Gasteiger partial charge in [-0.25, -0.2) is 4.79 Å². The van der Waals surface area contributed by atoms with E-state index < -0.39 is 5.97 Å². The molecule has 0 aromatic heterocycles. The maximum atomic E-state index is 11.7. The van der Waals surface area contributed by atoms with Gasteiger partial charge >= 0.3 is 24.8 Å². The van der Waals surface area contributed by atoms with Gasteiger partial charge in [-0.2, -0.15) is 0 Å². The van der Waals surface area contributed by atoms with Gasteiger partial charge in [-0.1, -0.05) is 48.5 Å². The van der Waals surface area contributed by atoms with Crippen LogP contribution in [0.3, 0.4) is 0 Å². The van der Waals surface area contributed by atoms with Crippen LogP contribution in [0, 0.1) is 0 Å². The second-order valence-electron chi connectivity index (χ2n) is 7.17. The summed E-state index contributed by atoms with van der Waals surface area (Å²) in [5.74, 6) is 2.13. The van der Waals surface area contributed by atoms with Gasteiger partial charge in [0, 0.05) is 27.1 Å². The molecule has 0 aliphatic carbocycles. The standard InChI is InChI=1S/C14H14O4.C13H14O3.Al.Li.4H/c1-16-12-8-11(14(15)18-3)13(17-2)10-7-5-4-6-9(10)12;1-15-12-7-9(8-14)13(16-2)11-6-4-3-5-10(11)12;;;;;;/h4-8H,1-3H3;3-7,14H,8H2,1-2H3;;;;;;/q;;;+1;;;;-1. The first-order chi connectivity index (χ1) is 16.5. The number of esters is 1. The van der Waals surface area contributed by atoms with Crippen molar-refractivity contribution in [3.05, 3.63) is 71.8 Å². The summed E-state index contributed by atoms with van der Waals surface area (Å²) in [4.78, 5) is 11.7. The fraction of sp³-hybridized carbons (Fsp3) is 0.222. The van der Waals surface area contributed by atoms with Crippen LogP contribution in [0.1, 0.15) is 17.3 Å². The monoisotopic (exact) mass is 502 g/mol. The molecule has 0 radical (unpaired) electrons. The Balaban J connectivity index is 0.000000651. The number of ether oxygens (including phenoxy) is 5. The van der Waals surface area contributed by atoms with E-state index in [1.165, 1.54) is 14.2 Å². The van der Waals surface area contributed by atoms with Crippen LogP contribution in [0.25, 0.3) is 21.5 Å². The Bertz CT molecular complexity index is 1320. The van der Waals surface area contributed by atoms with E-state index >= 15 is 0 Å². The molecule has 0 bridgehead atoms. The molecule has 0 aliphatic rings. The fourth-order valence-electron chi connectivity index (χ4n) is 3.86. The molecule has 186 valence electrons. The van der Waals surface area contributed by atoms with Crippen LogP contribution in [0.4, 0.5) is 0 Å². The summed E-state index contributed by atoms with van der Waals surface area (Å²) in [7, 11) is 7.66. The Morgan fingerprint density at radius 1 is 0.722 bits per heavy atom. The van der Waals surface area contributed by atoms with Crippen LogP contribution in [0.2, 0.25) is 0 Å². The number of aliphatic hydroxyl groups is 1. The normalized spacial score (nSPS) is 9.72. The van der Waals surface area contributed by atoms with E-state index in [-0.39, 0.29) is 44.3 Å². The first-order valence-electron chi connectivity index (χ1n) is 10.5. The molecule has 0 fully saturated rings. The minimum Gasteiger partial charge on any atom is -1.00 e. The Hall–Kier alpha value is -2.84. The zero-order valence-corrected chi connectivity index (χ0v) is 20.9. The SMILES string of the molecule is COC(=O)c1cc(OC)c2ccccc2c1OC.COc1cc(CO)c(OC)c2ccccc12.[AlH3].[H-].[Li+]. The maximum Gasteiger partial charge on any atom is 1.00 e. The molecule has 0 atom stereocenters. The van der Waals surface area contributed by atoms with Gasteiger partial charge in [-0.15, -0.1) is 0 Å². The number of benzene rings is 4. The molecule has 0 saturated carbocycles. The molecule has 0 heterocycles. The van der Waals surface area contributed by atoms with E-state index in [1.54, 1.807) is 33.5 Å². The molecule has 0 unspecified atom stereocenters. The zero-order valence-electron chi connectivity index (χ0n) is 21.9. The van der Waals surface area contributed by atoms with Gasteiger partial charge in [0.1, 0.15) is 28.6 Å². The molecule has 1 N–H and O–H groups in total. The van der Waals surface area contributed by atoms with E-state index in [0.29, 0.717) is 22.8 Å². The summed E-state index contributed by atoms with van der Waals surface area (Å²) in [6.45, 7) is -0.0651. The Kier molecular flexibility index (Phi) is 12.7. The van der Waals surface area contributed by atoms with E-state index in [9.17, 15) is 9.90 Å². The van der Waals surface area contributed by atoms with Gasteiger partial charge in [0.15, 0.2) is 17.4 Å². The number of fused-ring (bicyclic) bond motifs is 2. The number of carbonyl (C=O) groups is 1. The third-order valence-corrected chi connectivity index (χ3v) is 5.42. The molecule has 0 amide bonds. The average molecular weight is 502 g/mol. The smallest absolute Gasteiger partial charge is 1.00 e. The summed E-state index contributed by atoms with van der Waals surface area (Å²) in [5.41, 5.74) is 1.09. The van der Waals surface area contributed by atoms with Crippen molar-refractivity contribution in [1.82, 2.24) is 0 Å².